The van der Waals surface area contributed by atoms with Crippen LogP contribution in [-0.2, 0) is 0 Å². The molecule has 1 heteroatoms. The first-order valence-corrected chi connectivity index (χ1v) is 14.9. The van der Waals surface area contributed by atoms with E-state index in [2.05, 4.69) is 27.7 Å². The summed E-state index contributed by atoms with van der Waals surface area (Å²) in [5, 5.41) is 0. The molecule has 31 heavy (non-hydrogen) atoms. The molecule has 1 unspecified atom stereocenters. The maximum Gasteiger partial charge on any atom is 0.0182 e. The lowest BCUT2D eigenvalue weighted by atomic mass is 9.72. The number of nitrogens with two attached hydrogens (primary N) is 1. The van der Waals surface area contributed by atoms with Crippen LogP contribution in [0.4, 0.5) is 0 Å². The molecule has 0 rings (SSSR count). The van der Waals surface area contributed by atoms with Crippen LogP contribution in [0.1, 0.15) is 182 Å². The third kappa shape index (κ3) is 18.1. The number of hydrogen-bond donors (Lipinski definition) is 1. The fourth-order valence-corrected chi connectivity index (χ4v) is 5.30. The van der Waals surface area contributed by atoms with Crippen molar-refractivity contribution < 1.29 is 0 Å². The Morgan fingerprint density at radius 1 is 0.419 bits per heavy atom. The topological polar surface area (TPSA) is 26.0 Å². The monoisotopic (exact) mass is 437 g/mol. The lowest BCUT2D eigenvalue weighted by Gasteiger charge is -2.39. The first-order chi connectivity index (χ1) is 15.1. The van der Waals surface area contributed by atoms with E-state index in [4.69, 9.17) is 5.73 Å². The summed E-state index contributed by atoms with van der Waals surface area (Å²) in [5.74, 6) is 0.753. The first-order valence-electron chi connectivity index (χ1n) is 14.9. The van der Waals surface area contributed by atoms with Crippen LogP contribution >= 0.6 is 0 Å². The van der Waals surface area contributed by atoms with Crippen LogP contribution < -0.4 is 5.73 Å². The minimum atomic E-state index is 0.109. The molecule has 0 aliphatic rings. The van der Waals surface area contributed by atoms with Crippen molar-refractivity contribution in [2.75, 3.05) is 0 Å². The van der Waals surface area contributed by atoms with E-state index in [9.17, 15) is 0 Å². The average molecular weight is 438 g/mol. The standard InChI is InChI=1S/C30H63N/c1-5-9-13-14-15-16-17-18-19-20-21-22-23-24-26-29(25-10-6-2)30(31,27-11-7-3)28-12-8-4/h29H,5-28,31H2,1-4H3. The SMILES string of the molecule is CCCCCCCCCCCCCCCCC(CCCC)C(N)(CCCC)CCCC. The second-order valence-corrected chi connectivity index (χ2v) is 10.7. The summed E-state index contributed by atoms with van der Waals surface area (Å²) in [7, 11) is 0. The van der Waals surface area contributed by atoms with Crippen molar-refractivity contribution in [2.45, 2.75) is 187 Å². The summed E-state index contributed by atoms with van der Waals surface area (Å²) < 4.78 is 0. The zero-order valence-electron chi connectivity index (χ0n) is 22.6. The van der Waals surface area contributed by atoms with Crippen LogP contribution in [0.15, 0.2) is 0 Å². The second-order valence-electron chi connectivity index (χ2n) is 10.7. The lowest BCUT2D eigenvalue weighted by Crippen LogP contribution is -2.47. The van der Waals surface area contributed by atoms with Gasteiger partial charge in [0.25, 0.3) is 0 Å². The molecular weight excluding hydrogens is 374 g/mol. The Morgan fingerprint density at radius 3 is 1.13 bits per heavy atom. The Bertz CT molecular complexity index is 329. The van der Waals surface area contributed by atoms with Gasteiger partial charge in [-0.05, 0) is 31.6 Å². The van der Waals surface area contributed by atoms with E-state index >= 15 is 0 Å². The van der Waals surface area contributed by atoms with E-state index in [0.717, 1.165) is 5.92 Å². The average Bonchev–Trinajstić information content (AvgIpc) is 2.78. The summed E-state index contributed by atoms with van der Waals surface area (Å²) in [6.07, 6.45) is 33.3. The van der Waals surface area contributed by atoms with Gasteiger partial charge in [0.2, 0.25) is 0 Å². The van der Waals surface area contributed by atoms with Crippen LogP contribution in [-0.4, -0.2) is 5.54 Å². The van der Waals surface area contributed by atoms with Crippen molar-refractivity contribution in [1.29, 1.82) is 0 Å². The summed E-state index contributed by atoms with van der Waals surface area (Å²) in [6.45, 7) is 9.26. The zero-order valence-corrected chi connectivity index (χ0v) is 22.6. The zero-order chi connectivity index (χ0) is 23.0. The highest BCUT2D eigenvalue weighted by Gasteiger charge is 2.32. The Balaban J connectivity index is 3.96. The van der Waals surface area contributed by atoms with Gasteiger partial charge in [0.15, 0.2) is 0 Å². The smallest absolute Gasteiger partial charge is 0.0182 e. The maximum absolute atomic E-state index is 7.11. The minimum Gasteiger partial charge on any atom is -0.325 e. The van der Waals surface area contributed by atoms with Crippen LogP contribution in [0.3, 0.4) is 0 Å². The van der Waals surface area contributed by atoms with Gasteiger partial charge in [-0.1, -0.05) is 156 Å². The molecule has 0 spiro atoms. The highest BCUT2D eigenvalue weighted by Crippen LogP contribution is 2.34. The molecule has 1 nitrogen and oxygen atoms in total. The quantitative estimate of drug-likeness (QED) is 0.141. The molecule has 0 aliphatic carbocycles. The molecule has 0 bridgehead atoms. The molecule has 188 valence electrons. The van der Waals surface area contributed by atoms with Crippen molar-refractivity contribution in [1.82, 2.24) is 0 Å². The molecule has 0 aromatic rings. The third-order valence-electron chi connectivity index (χ3n) is 7.62. The maximum atomic E-state index is 7.11. The van der Waals surface area contributed by atoms with Crippen LogP contribution in [0.5, 0.6) is 0 Å². The van der Waals surface area contributed by atoms with E-state index in [0.29, 0.717) is 0 Å². The van der Waals surface area contributed by atoms with Crippen LogP contribution in [0.2, 0.25) is 0 Å². The molecule has 0 fully saturated rings. The molecule has 0 radical (unpaired) electrons. The highest BCUT2D eigenvalue weighted by atomic mass is 14.8. The van der Waals surface area contributed by atoms with Crippen molar-refractivity contribution in [3.8, 4) is 0 Å². The molecule has 0 heterocycles. The van der Waals surface area contributed by atoms with Gasteiger partial charge in [0.1, 0.15) is 0 Å². The molecule has 0 aromatic heterocycles. The Hall–Kier alpha value is -0.0400. The van der Waals surface area contributed by atoms with E-state index in [-0.39, 0.29) is 5.54 Å². The molecule has 0 amide bonds. The van der Waals surface area contributed by atoms with Crippen molar-refractivity contribution in [3.05, 3.63) is 0 Å². The van der Waals surface area contributed by atoms with Crippen LogP contribution in [0, 0.1) is 5.92 Å². The molecule has 0 aliphatic heterocycles. The fourth-order valence-electron chi connectivity index (χ4n) is 5.30. The van der Waals surface area contributed by atoms with Gasteiger partial charge >= 0.3 is 0 Å². The first kappa shape index (κ1) is 31.0. The predicted octanol–water partition coefficient (Wildman–Crippen LogP) is 10.7. The Labute approximate surface area is 199 Å². The minimum absolute atomic E-state index is 0.109. The summed E-state index contributed by atoms with van der Waals surface area (Å²) in [5.41, 5.74) is 7.22. The Kier molecular flexibility index (Phi) is 23.1. The third-order valence-corrected chi connectivity index (χ3v) is 7.62. The molecule has 2 N–H and O–H groups in total. The van der Waals surface area contributed by atoms with Gasteiger partial charge in [-0.2, -0.15) is 0 Å². The largest absolute Gasteiger partial charge is 0.325 e. The number of rotatable bonds is 25. The molecule has 0 saturated carbocycles. The normalized spacial score (nSPS) is 13.1. The summed E-state index contributed by atoms with van der Waals surface area (Å²) in [4.78, 5) is 0. The highest BCUT2D eigenvalue weighted by molar-refractivity contribution is 4.91. The van der Waals surface area contributed by atoms with Gasteiger partial charge in [-0.3, -0.25) is 0 Å². The number of unbranched alkanes of at least 4 members (excludes halogenated alkanes) is 16. The van der Waals surface area contributed by atoms with Crippen molar-refractivity contribution in [2.24, 2.45) is 11.7 Å². The van der Waals surface area contributed by atoms with Crippen LogP contribution in [0.25, 0.3) is 0 Å². The van der Waals surface area contributed by atoms with E-state index in [1.54, 1.807) is 0 Å². The number of hydrogen-bond acceptors (Lipinski definition) is 1. The van der Waals surface area contributed by atoms with E-state index in [1.165, 1.54) is 154 Å². The van der Waals surface area contributed by atoms with Crippen molar-refractivity contribution in [3.63, 3.8) is 0 Å². The van der Waals surface area contributed by atoms with Gasteiger partial charge in [0, 0.05) is 5.54 Å². The van der Waals surface area contributed by atoms with Gasteiger partial charge in [0.05, 0.1) is 0 Å². The summed E-state index contributed by atoms with van der Waals surface area (Å²) in [6, 6.07) is 0. The predicted molar refractivity (Wildman–Crippen MR) is 144 cm³/mol. The lowest BCUT2D eigenvalue weighted by molar-refractivity contribution is 0.193. The van der Waals surface area contributed by atoms with E-state index in [1.807, 2.05) is 0 Å². The fraction of sp³-hybridized carbons (Fsp3) is 1.00. The van der Waals surface area contributed by atoms with Gasteiger partial charge in [-0.25, -0.2) is 0 Å². The molecular formula is C30H63N. The van der Waals surface area contributed by atoms with Gasteiger partial charge < -0.3 is 5.73 Å². The summed E-state index contributed by atoms with van der Waals surface area (Å²) >= 11 is 0. The second kappa shape index (κ2) is 23.1. The Morgan fingerprint density at radius 2 is 0.742 bits per heavy atom. The van der Waals surface area contributed by atoms with Gasteiger partial charge in [-0.15, -0.1) is 0 Å². The van der Waals surface area contributed by atoms with E-state index < -0.39 is 0 Å². The molecule has 1 atom stereocenters. The molecule has 0 aromatic carbocycles. The molecule has 0 saturated heterocycles. The van der Waals surface area contributed by atoms with Crippen molar-refractivity contribution >= 4 is 0 Å².